The van der Waals surface area contributed by atoms with E-state index in [1.54, 1.807) is 6.92 Å². The Morgan fingerprint density at radius 2 is 1.70 bits per heavy atom. The number of amides is 1. The Balaban J connectivity index is 1.75. The molecule has 0 saturated carbocycles. The van der Waals surface area contributed by atoms with Gasteiger partial charge in [0.05, 0.1) is 0 Å². The first kappa shape index (κ1) is 21.5. The topological polar surface area (TPSA) is 84.2 Å². The number of carbonyl (C=O) groups excluding carboxylic acids is 1. The molecule has 0 aliphatic carbocycles. The smallest absolute Gasteiger partial charge is 0.257 e. The van der Waals surface area contributed by atoms with Crippen molar-refractivity contribution in [1.29, 1.82) is 0 Å². The van der Waals surface area contributed by atoms with Crippen LogP contribution in [0.1, 0.15) is 23.2 Å². The molecule has 0 aliphatic heterocycles. The standard InChI is InChI=1S/C24H27N3O3/c1-18-21(14-16-28)24(30)27(23(26-18)20-12-6-3-7-13-20)17-22(29)25-15-8-11-19-9-4-2-5-10-19/h2-7,9-10,12-13,28H,8,11,14-17H2,1H3,(H,25,29). The van der Waals surface area contributed by atoms with Gasteiger partial charge in [-0.25, -0.2) is 4.98 Å². The van der Waals surface area contributed by atoms with Crippen molar-refractivity contribution >= 4 is 5.91 Å². The summed E-state index contributed by atoms with van der Waals surface area (Å²) in [6.07, 6.45) is 1.91. The maximum absolute atomic E-state index is 13.1. The number of aliphatic hydroxyl groups is 1. The van der Waals surface area contributed by atoms with Gasteiger partial charge in [0.15, 0.2) is 0 Å². The number of rotatable bonds is 9. The summed E-state index contributed by atoms with van der Waals surface area (Å²) in [7, 11) is 0. The van der Waals surface area contributed by atoms with Crippen LogP contribution in [-0.2, 0) is 24.2 Å². The summed E-state index contributed by atoms with van der Waals surface area (Å²) in [5.41, 5.74) is 2.73. The lowest BCUT2D eigenvalue weighted by atomic mass is 10.1. The molecule has 0 saturated heterocycles. The van der Waals surface area contributed by atoms with Gasteiger partial charge in [-0.1, -0.05) is 60.7 Å². The van der Waals surface area contributed by atoms with Crippen LogP contribution < -0.4 is 10.9 Å². The Kier molecular flexibility index (Phi) is 7.51. The summed E-state index contributed by atoms with van der Waals surface area (Å²) in [4.78, 5) is 30.2. The fourth-order valence-electron chi connectivity index (χ4n) is 3.42. The van der Waals surface area contributed by atoms with Crippen LogP contribution in [0.2, 0.25) is 0 Å². The van der Waals surface area contributed by atoms with E-state index in [0.717, 1.165) is 18.4 Å². The monoisotopic (exact) mass is 405 g/mol. The van der Waals surface area contributed by atoms with Crippen molar-refractivity contribution in [2.45, 2.75) is 32.7 Å². The van der Waals surface area contributed by atoms with E-state index in [1.165, 1.54) is 10.1 Å². The maximum atomic E-state index is 13.1. The molecule has 0 spiro atoms. The minimum Gasteiger partial charge on any atom is -0.396 e. The number of carbonyl (C=O) groups is 1. The van der Waals surface area contributed by atoms with Crippen molar-refractivity contribution in [3.8, 4) is 11.4 Å². The second kappa shape index (κ2) is 10.5. The quantitative estimate of drug-likeness (QED) is 0.536. The molecule has 0 aliphatic rings. The summed E-state index contributed by atoms with van der Waals surface area (Å²) in [5, 5.41) is 12.2. The zero-order valence-electron chi connectivity index (χ0n) is 17.2. The fraction of sp³-hybridized carbons (Fsp3) is 0.292. The largest absolute Gasteiger partial charge is 0.396 e. The van der Waals surface area contributed by atoms with Gasteiger partial charge in [-0.15, -0.1) is 0 Å². The van der Waals surface area contributed by atoms with Crippen molar-refractivity contribution in [1.82, 2.24) is 14.9 Å². The number of aryl methyl sites for hydroxylation is 2. The third-order valence-electron chi connectivity index (χ3n) is 4.97. The number of hydrogen-bond acceptors (Lipinski definition) is 4. The Morgan fingerprint density at radius 3 is 2.37 bits per heavy atom. The van der Waals surface area contributed by atoms with E-state index in [9.17, 15) is 14.7 Å². The van der Waals surface area contributed by atoms with Gasteiger partial charge in [-0.2, -0.15) is 0 Å². The molecule has 6 nitrogen and oxygen atoms in total. The Labute approximate surface area is 176 Å². The van der Waals surface area contributed by atoms with E-state index < -0.39 is 0 Å². The van der Waals surface area contributed by atoms with Crippen molar-refractivity contribution in [2.75, 3.05) is 13.2 Å². The highest BCUT2D eigenvalue weighted by atomic mass is 16.3. The highest BCUT2D eigenvalue weighted by molar-refractivity contribution is 5.76. The number of nitrogens with one attached hydrogen (secondary N) is 1. The highest BCUT2D eigenvalue weighted by Crippen LogP contribution is 2.17. The van der Waals surface area contributed by atoms with Crippen LogP contribution in [0.3, 0.4) is 0 Å². The van der Waals surface area contributed by atoms with Gasteiger partial charge < -0.3 is 10.4 Å². The fourth-order valence-corrected chi connectivity index (χ4v) is 3.42. The molecule has 3 rings (SSSR count). The van der Waals surface area contributed by atoms with E-state index in [-0.39, 0.29) is 31.0 Å². The van der Waals surface area contributed by atoms with Gasteiger partial charge in [0.1, 0.15) is 12.4 Å². The first-order chi connectivity index (χ1) is 14.6. The third kappa shape index (κ3) is 5.42. The molecule has 0 radical (unpaired) electrons. The van der Waals surface area contributed by atoms with Crippen molar-refractivity contribution in [2.24, 2.45) is 0 Å². The molecule has 0 fully saturated rings. The van der Waals surface area contributed by atoms with Crippen molar-refractivity contribution < 1.29 is 9.90 Å². The number of aromatic nitrogens is 2. The maximum Gasteiger partial charge on any atom is 0.257 e. The number of nitrogens with zero attached hydrogens (tertiary/aromatic N) is 2. The van der Waals surface area contributed by atoms with E-state index in [1.807, 2.05) is 48.5 Å². The zero-order chi connectivity index (χ0) is 21.3. The van der Waals surface area contributed by atoms with Crippen LogP contribution in [0, 0.1) is 6.92 Å². The molecule has 2 aromatic carbocycles. The Morgan fingerprint density at radius 1 is 1.03 bits per heavy atom. The van der Waals surface area contributed by atoms with Gasteiger partial charge in [-0.05, 0) is 25.3 Å². The van der Waals surface area contributed by atoms with Crippen LogP contribution in [0.15, 0.2) is 65.5 Å². The molecule has 3 aromatic rings. The number of benzene rings is 2. The number of hydrogen-bond donors (Lipinski definition) is 2. The van der Waals surface area contributed by atoms with E-state index in [0.29, 0.717) is 23.6 Å². The van der Waals surface area contributed by atoms with Gasteiger partial charge in [0.25, 0.3) is 5.56 Å². The summed E-state index contributed by atoms with van der Waals surface area (Å²) in [6, 6.07) is 19.5. The number of aliphatic hydroxyl groups excluding tert-OH is 1. The lowest BCUT2D eigenvalue weighted by molar-refractivity contribution is -0.121. The summed E-state index contributed by atoms with van der Waals surface area (Å²) >= 11 is 0. The molecule has 1 aromatic heterocycles. The average molecular weight is 405 g/mol. The third-order valence-corrected chi connectivity index (χ3v) is 4.97. The predicted molar refractivity (Wildman–Crippen MR) is 117 cm³/mol. The molecule has 0 bridgehead atoms. The molecule has 1 heterocycles. The van der Waals surface area contributed by atoms with Crippen LogP contribution in [0.25, 0.3) is 11.4 Å². The summed E-state index contributed by atoms with van der Waals surface area (Å²) in [5.74, 6) is 0.224. The van der Waals surface area contributed by atoms with Gasteiger partial charge >= 0.3 is 0 Å². The molecule has 156 valence electrons. The predicted octanol–water partition coefficient (Wildman–Crippen LogP) is 2.50. The molecule has 6 heteroatoms. The minimum absolute atomic E-state index is 0.111. The van der Waals surface area contributed by atoms with Crippen molar-refractivity contribution in [3.63, 3.8) is 0 Å². The summed E-state index contributed by atoms with van der Waals surface area (Å²) in [6.45, 7) is 2.03. The molecule has 2 N–H and O–H groups in total. The lowest BCUT2D eigenvalue weighted by Crippen LogP contribution is -2.36. The zero-order valence-corrected chi connectivity index (χ0v) is 17.2. The van der Waals surface area contributed by atoms with Gasteiger partial charge in [0, 0.05) is 36.4 Å². The summed E-state index contributed by atoms with van der Waals surface area (Å²) < 4.78 is 1.40. The van der Waals surface area contributed by atoms with Crippen LogP contribution >= 0.6 is 0 Å². The normalized spacial score (nSPS) is 10.7. The van der Waals surface area contributed by atoms with Crippen LogP contribution in [0.5, 0.6) is 0 Å². The molecular weight excluding hydrogens is 378 g/mol. The van der Waals surface area contributed by atoms with E-state index in [4.69, 9.17) is 0 Å². The van der Waals surface area contributed by atoms with Gasteiger partial charge in [-0.3, -0.25) is 14.2 Å². The minimum atomic E-state index is -0.283. The Hall–Kier alpha value is -3.25. The Bertz CT molecular complexity index is 1030. The van der Waals surface area contributed by atoms with E-state index in [2.05, 4.69) is 22.4 Å². The first-order valence-corrected chi connectivity index (χ1v) is 10.2. The molecule has 1 amide bonds. The average Bonchev–Trinajstić information content (AvgIpc) is 2.77. The second-order valence-electron chi connectivity index (χ2n) is 7.17. The second-order valence-corrected chi connectivity index (χ2v) is 7.17. The van der Waals surface area contributed by atoms with E-state index >= 15 is 0 Å². The molecule has 30 heavy (non-hydrogen) atoms. The van der Waals surface area contributed by atoms with Crippen LogP contribution in [0.4, 0.5) is 0 Å². The first-order valence-electron chi connectivity index (χ1n) is 10.2. The van der Waals surface area contributed by atoms with Crippen LogP contribution in [-0.4, -0.2) is 33.7 Å². The molecule has 0 atom stereocenters. The SMILES string of the molecule is Cc1nc(-c2ccccc2)n(CC(=O)NCCCc2ccccc2)c(=O)c1CCO. The molecule has 0 unspecified atom stereocenters. The molecular formula is C24H27N3O3. The highest BCUT2D eigenvalue weighted by Gasteiger charge is 2.17. The van der Waals surface area contributed by atoms with Crippen molar-refractivity contribution in [3.05, 3.63) is 87.8 Å². The lowest BCUT2D eigenvalue weighted by Gasteiger charge is -2.16. The van der Waals surface area contributed by atoms with Gasteiger partial charge in [0.2, 0.25) is 5.91 Å².